The van der Waals surface area contributed by atoms with Crippen LogP contribution >= 0.6 is 0 Å². The van der Waals surface area contributed by atoms with Crippen molar-refractivity contribution in [1.29, 1.82) is 0 Å². The molecule has 7 nitrogen and oxygen atoms in total. The Morgan fingerprint density at radius 2 is 1.91 bits per heavy atom. The molecule has 1 fully saturated rings. The molecule has 34 heavy (non-hydrogen) atoms. The number of hydrogen-bond acceptors (Lipinski definition) is 6. The number of aromatic amines is 1. The van der Waals surface area contributed by atoms with Gasteiger partial charge in [0.2, 0.25) is 5.88 Å². The predicted octanol–water partition coefficient (Wildman–Crippen LogP) is 5.25. The smallest absolute Gasteiger partial charge is 0.216 e. The van der Waals surface area contributed by atoms with Gasteiger partial charge in [0.25, 0.3) is 0 Å². The lowest BCUT2D eigenvalue weighted by molar-refractivity contribution is 0.142. The molecule has 3 heterocycles. The molecule has 0 bridgehead atoms. The fraction of sp³-hybridized carbons (Fsp3) is 0.333. The number of halogens is 3. The molecule has 4 aromatic rings. The molecule has 5 rings (SSSR count). The van der Waals surface area contributed by atoms with E-state index in [1.54, 1.807) is 6.07 Å². The van der Waals surface area contributed by atoms with Gasteiger partial charge in [-0.1, -0.05) is 0 Å². The highest BCUT2D eigenvalue weighted by Crippen LogP contribution is 2.31. The number of rotatable bonds is 5. The average molecular weight is 468 g/mol. The summed E-state index contributed by atoms with van der Waals surface area (Å²) in [5.41, 5.74) is 1.49. The van der Waals surface area contributed by atoms with E-state index in [0.29, 0.717) is 23.3 Å². The van der Waals surface area contributed by atoms with Crippen molar-refractivity contribution in [2.24, 2.45) is 0 Å². The van der Waals surface area contributed by atoms with Crippen LogP contribution in [-0.2, 0) is 0 Å². The van der Waals surface area contributed by atoms with Crippen LogP contribution in [0.1, 0.15) is 37.1 Å². The Bertz CT molecular complexity index is 1360. The highest BCUT2D eigenvalue weighted by molar-refractivity contribution is 5.94. The van der Waals surface area contributed by atoms with Crippen molar-refractivity contribution >= 4 is 16.7 Å². The Balaban J connectivity index is 1.39. The van der Waals surface area contributed by atoms with Gasteiger partial charge in [0.15, 0.2) is 17.5 Å². The molecule has 0 radical (unpaired) electrons. The SMILES string of the molecule is Cc1cc(O[C@@H]2CCC[C@H](Nc3nc(-c4c[nH]c5c(F)cc(F)cc45)nc(C)c3F)C2)ncn1. The van der Waals surface area contributed by atoms with Crippen molar-refractivity contribution in [1.82, 2.24) is 24.9 Å². The molecule has 1 saturated carbocycles. The molecule has 2 atom stereocenters. The van der Waals surface area contributed by atoms with Gasteiger partial charge >= 0.3 is 0 Å². The number of hydrogen-bond donors (Lipinski definition) is 2. The van der Waals surface area contributed by atoms with Crippen LogP contribution in [0, 0.1) is 31.3 Å². The topological polar surface area (TPSA) is 88.6 Å². The van der Waals surface area contributed by atoms with Gasteiger partial charge in [-0.2, -0.15) is 0 Å². The zero-order valence-electron chi connectivity index (χ0n) is 18.7. The number of aryl methyl sites for hydroxylation is 2. The fourth-order valence-electron chi connectivity index (χ4n) is 4.36. The second-order valence-corrected chi connectivity index (χ2v) is 8.55. The van der Waals surface area contributed by atoms with Crippen molar-refractivity contribution in [3.8, 4) is 17.3 Å². The van der Waals surface area contributed by atoms with Crippen LogP contribution in [-0.4, -0.2) is 37.1 Å². The van der Waals surface area contributed by atoms with Gasteiger partial charge < -0.3 is 15.0 Å². The van der Waals surface area contributed by atoms with Crippen molar-refractivity contribution in [2.45, 2.75) is 51.7 Å². The molecule has 0 aliphatic heterocycles. The van der Waals surface area contributed by atoms with Gasteiger partial charge in [-0.05, 0) is 39.2 Å². The molecular weight excluding hydrogens is 445 g/mol. The molecule has 2 N–H and O–H groups in total. The maximum Gasteiger partial charge on any atom is 0.216 e. The van der Waals surface area contributed by atoms with Crippen LogP contribution in [0.5, 0.6) is 5.88 Å². The summed E-state index contributed by atoms with van der Waals surface area (Å²) >= 11 is 0. The quantitative estimate of drug-likeness (QED) is 0.416. The van der Waals surface area contributed by atoms with E-state index in [-0.39, 0.29) is 35.0 Å². The molecule has 1 aromatic carbocycles. The third kappa shape index (κ3) is 4.40. The molecule has 0 amide bonds. The number of anilines is 1. The van der Waals surface area contributed by atoms with Gasteiger partial charge in [-0.25, -0.2) is 33.1 Å². The largest absolute Gasteiger partial charge is 0.474 e. The zero-order valence-corrected chi connectivity index (χ0v) is 18.7. The van der Waals surface area contributed by atoms with E-state index in [2.05, 4.69) is 30.2 Å². The second kappa shape index (κ2) is 8.92. The number of nitrogens with one attached hydrogen (secondary N) is 2. The van der Waals surface area contributed by atoms with Crippen LogP contribution in [0.15, 0.2) is 30.7 Å². The van der Waals surface area contributed by atoms with E-state index >= 15 is 0 Å². The van der Waals surface area contributed by atoms with Crippen LogP contribution < -0.4 is 10.1 Å². The summed E-state index contributed by atoms with van der Waals surface area (Å²) in [4.78, 5) is 19.6. The van der Waals surface area contributed by atoms with Crippen molar-refractivity contribution in [3.05, 3.63) is 59.6 Å². The van der Waals surface area contributed by atoms with Crippen molar-refractivity contribution in [2.75, 3.05) is 5.32 Å². The van der Waals surface area contributed by atoms with E-state index in [0.717, 1.165) is 31.0 Å². The summed E-state index contributed by atoms with van der Waals surface area (Å²) < 4.78 is 48.9. The van der Waals surface area contributed by atoms with Crippen LogP contribution in [0.25, 0.3) is 22.3 Å². The first kappa shape index (κ1) is 22.1. The predicted molar refractivity (Wildman–Crippen MR) is 121 cm³/mol. The van der Waals surface area contributed by atoms with Crippen LogP contribution in [0.4, 0.5) is 19.0 Å². The lowest BCUT2D eigenvalue weighted by Crippen LogP contribution is -2.34. The van der Waals surface area contributed by atoms with Crippen molar-refractivity contribution in [3.63, 3.8) is 0 Å². The number of nitrogens with zero attached hydrogens (tertiary/aromatic N) is 4. The maximum atomic E-state index is 14.9. The number of H-pyrrole nitrogens is 1. The fourth-order valence-corrected chi connectivity index (χ4v) is 4.36. The van der Waals surface area contributed by atoms with E-state index in [9.17, 15) is 13.2 Å². The molecule has 10 heteroatoms. The number of benzene rings is 1. The lowest BCUT2D eigenvalue weighted by atomic mass is 9.93. The van der Waals surface area contributed by atoms with E-state index in [4.69, 9.17) is 4.74 Å². The molecule has 1 aliphatic rings. The molecular formula is C24H23F3N6O. The van der Waals surface area contributed by atoms with E-state index in [1.807, 2.05) is 6.92 Å². The molecule has 3 aromatic heterocycles. The first-order chi connectivity index (χ1) is 16.4. The first-order valence-electron chi connectivity index (χ1n) is 11.1. The standard InChI is InChI=1S/C24H23F3N6O/c1-12-6-20(30-11-29-12)34-16-5-3-4-15(9-16)32-24-21(27)13(2)31-23(33-24)18-10-28-22-17(18)7-14(25)8-19(22)26/h6-8,10-11,15-16,28H,3-5,9H2,1-2H3,(H,31,32,33)/t15-,16+/m0/s1. The highest BCUT2D eigenvalue weighted by Gasteiger charge is 2.26. The van der Waals surface area contributed by atoms with E-state index in [1.165, 1.54) is 25.5 Å². The van der Waals surface area contributed by atoms with Gasteiger partial charge in [-0.15, -0.1) is 0 Å². The van der Waals surface area contributed by atoms with Gasteiger partial charge in [-0.3, -0.25) is 0 Å². The minimum atomic E-state index is -0.717. The summed E-state index contributed by atoms with van der Waals surface area (Å²) in [5, 5.41) is 3.49. The van der Waals surface area contributed by atoms with Crippen LogP contribution in [0.2, 0.25) is 0 Å². The molecule has 1 aliphatic carbocycles. The molecule has 0 saturated heterocycles. The summed E-state index contributed by atoms with van der Waals surface area (Å²) in [6.45, 7) is 3.40. The molecule has 0 spiro atoms. The Labute approximate surface area is 193 Å². The number of aromatic nitrogens is 5. The lowest BCUT2D eigenvalue weighted by Gasteiger charge is -2.30. The van der Waals surface area contributed by atoms with Crippen LogP contribution in [0.3, 0.4) is 0 Å². The summed E-state index contributed by atoms with van der Waals surface area (Å²) in [6.07, 6.45) is 6.11. The van der Waals surface area contributed by atoms with Gasteiger partial charge in [0.05, 0.1) is 11.2 Å². The highest BCUT2D eigenvalue weighted by atomic mass is 19.1. The monoisotopic (exact) mass is 468 g/mol. The summed E-state index contributed by atoms with van der Waals surface area (Å²) in [5.74, 6) is -1.24. The van der Waals surface area contributed by atoms with E-state index < -0.39 is 17.5 Å². The molecule has 176 valence electrons. The number of fused-ring (bicyclic) bond motifs is 1. The minimum absolute atomic E-state index is 0.0530. The van der Waals surface area contributed by atoms with Gasteiger partial charge in [0.1, 0.15) is 24.1 Å². The Morgan fingerprint density at radius 1 is 1.06 bits per heavy atom. The summed E-state index contributed by atoms with van der Waals surface area (Å²) in [7, 11) is 0. The third-order valence-corrected chi connectivity index (χ3v) is 6.00. The molecule has 0 unspecified atom stereocenters. The Hall–Kier alpha value is -3.69. The first-order valence-corrected chi connectivity index (χ1v) is 11.1. The minimum Gasteiger partial charge on any atom is -0.474 e. The Morgan fingerprint density at radius 3 is 2.74 bits per heavy atom. The third-order valence-electron chi connectivity index (χ3n) is 6.00. The maximum absolute atomic E-state index is 14.9. The summed E-state index contributed by atoms with van der Waals surface area (Å²) in [6, 6.07) is 3.72. The van der Waals surface area contributed by atoms with Gasteiger partial charge in [0, 0.05) is 47.4 Å². The second-order valence-electron chi connectivity index (χ2n) is 8.55. The Kier molecular flexibility index (Phi) is 5.80. The van der Waals surface area contributed by atoms with Crippen molar-refractivity contribution < 1.29 is 17.9 Å². The zero-order chi connectivity index (χ0) is 23.8. The number of ether oxygens (including phenoxy) is 1. The normalized spacial score (nSPS) is 18.3. The average Bonchev–Trinajstić information content (AvgIpc) is 3.21.